The minimum atomic E-state index is -0.407. The fourth-order valence-electron chi connectivity index (χ4n) is 2.86. The molecule has 0 radical (unpaired) electrons. The highest BCUT2D eigenvalue weighted by atomic mass is 35.5. The maximum Gasteiger partial charge on any atom is 0.230 e. The van der Waals surface area contributed by atoms with E-state index in [1.54, 1.807) is 0 Å². The molecule has 1 heterocycles. The Morgan fingerprint density at radius 3 is 2.78 bits per heavy atom. The normalized spacial score (nSPS) is 23.8. The van der Waals surface area contributed by atoms with E-state index >= 15 is 0 Å². The Morgan fingerprint density at radius 1 is 1.48 bits per heavy atom. The van der Waals surface area contributed by atoms with Crippen LogP contribution in [-0.4, -0.2) is 46.8 Å². The molecule has 2 rings (SSSR count). The molecule has 1 amide bonds. The molecule has 6 nitrogen and oxygen atoms in total. The quantitative estimate of drug-likeness (QED) is 0.837. The zero-order valence-corrected chi connectivity index (χ0v) is 15.8. The Kier molecular flexibility index (Phi) is 9.13. The van der Waals surface area contributed by atoms with E-state index in [1.165, 1.54) is 0 Å². The number of halogens is 2. The number of carbonyl (C=O) groups is 1. The number of hydrogen-bond donors (Lipinski definition) is 2. The number of carbonyl (C=O) groups excluding carboxylic acids is 1. The molecule has 0 aromatic carbocycles. The number of anilines is 1. The molecule has 3 N–H and O–H groups in total. The van der Waals surface area contributed by atoms with Crippen molar-refractivity contribution in [3.8, 4) is 0 Å². The van der Waals surface area contributed by atoms with Crippen LogP contribution < -0.4 is 11.1 Å². The summed E-state index contributed by atoms with van der Waals surface area (Å²) in [5.74, 6) is 0.482. The van der Waals surface area contributed by atoms with Gasteiger partial charge in [0, 0.05) is 24.3 Å². The van der Waals surface area contributed by atoms with Gasteiger partial charge in [-0.2, -0.15) is 5.10 Å². The van der Waals surface area contributed by atoms with Crippen molar-refractivity contribution in [1.29, 1.82) is 0 Å². The Hall–Kier alpha value is -0.820. The number of nitrogens with one attached hydrogen (secondary N) is 1. The highest BCUT2D eigenvalue weighted by Crippen LogP contribution is 2.32. The van der Waals surface area contributed by atoms with Gasteiger partial charge in [0.2, 0.25) is 5.91 Å². The monoisotopic (exact) mass is 365 g/mol. The molecule has 2 atom stereocenters. The van der Waals surface area contributed by atoms with Gasteiger partial charge >= 0.3 is 0 Å². The van der Waals surface area contributed by atoms with Crippen LogP contribution in [0.4, 0.5) is 5.82 Å². The first-order valence-electron chi connectivity index (χ1n) is 7.66. The van der Waals surface area contributed by atoms with Crippen LogP contribution in [0, 0.1) is 5.92 Å². The van der Waals surface area contributed by atoms with Crippen LogP contribution >= 0.6 is 24.8 Å². The van der Waals surface area contributed by atoms with Crippen molar-refractivity contribution in [3.05, 3.63) is 12.3 Å². The third-order valence-electron chi connectivity index (χ3n) is 4.24. The van der Waals surface area contributed by atoms with E-state index in [-0.39, 0.29) is 36.6 Å². The topological polar surface area (TPSA) is 76.2 Å². The number of nitrogens with zero attached hydrogens (tertiary/aromatic N) is 3. The summed E-state index contributed by atoms with van der Waals surface area (Å²) in [7, 11) is 4.05. The highest BCUT2D eigenvalue weighted by molar-refractivity contribution is 5.92. The van der Waals surface area contributed by atoms with E-state index in [1.807, 2.05) is 38.0 Å². The van der Waals surface area contributed by atoms with Crippen molar-refractivity contribution in [2.45, 2.75) is 44.7 Å². The lowest BCUT2D eigenvalue weighted by atomic mass is 9.74. The molecule has 1 aromatic heterocycles. The second-order valence-corrected chi connectivity index (χ2v) is 6.56. The molecule has 1 aromatic rings. The Labute approximate surface area is 151 Å². The SMILES string of the molecule is CN(C)CCn1ccc(NC(=O)C2CCCCC2(C)N)n1.Cl.Cl. The van der Waals surface area contributed by atoms with Gasteiger partial charge in [-0.25, -0.2) is 0 Å². The lowest BCUT2D eigenvalue weighted by Gasteiger charge is -2.37. The van der Waals surface area contributed by atoms with E-state index in [2.05, 4.69) is 15.3 Å². The highest BCUT2D eigenvalue weighted by Gasteiger charge is 2.37. The van der Waals surface area contributed by atoms with Gasteiger partial charge in [-0.1, -0.05) is 12.8 Å². The van der Waals surface area contributed by atoms with Gasteiger partial charge in [0.05, 0.1) is 12.5 Å². The minimum absolute atomic E-state index is 0. The summed E-state index contributed by atoms with van der Waals surface area (Å²) in [6.07, 6.45) is 5.84. The Morgan fingerprint density at radius 2 is 2.17 bits per heavy atom. The summed E-state index contributed by atoms with van der Waals surface area (Å²) in [5, 5.41) is 7.29. The van der Waals surface area contributed by atoms with E-state index in [4.69, 9.17) is 5.73 Å². The molecule has 0 spiro atoms. The fraction of sp³-hybridized carbons (Fsp3) is 0.733. The second-order valence-electron chi connectivity index (χ2n) is 6.56. The molecule has 1 aliphatic carbocycles. The lowest BCUT2D eigenvalue weighted by molar-refractivity contribution is -0.122. The Bertz CT molecular complexity index is 490. The van der Waals surface area contributed by atoms with Gasteiger partial charge in [0.1, 0.15) is 0 Å². The average Bonchev–Trinajstić information content (AvgIpc) is 2.83. The molecule has 2 unspecified atom stereocenters. The number of aromatic nitrogens is 2. The predicted molar refractivity (Wildman–Crippen MR) is 98.5 cm³/mol. The number of rotatable bonds is 5. The van der Waals surface area contributed by atoms with Crippen LogP contribution in [0.2, 0.25) is 0 Å². The first-order chi connectivity index (χ1) is 9.88. The Balaban J connectivity index is 0.00000242. The molecule has 1 aliphatic rings. The van der Waals surface area contributed by atoms with Crippen LogP contribution in [0.5, 0.6) is 0 Å². The summed E-state index contributed by atoms with van der Waals surface area (Å²) >= 11 is 0. The van der Waals surface area contributed by atoms with Crippen molar-refractivity contribution in [3.63, 3.8) is 0 Å². The molecule has 0 saturated heterocycles. The smallest absolute Gasteiger partial charge is 0.230 e. The van der Waals surface area contributed by atoms with Crippen LogP contribution in [0.3, 0.4) is 0 Å². The molecule has 0 aliphatic heterocycles. The standard InChI is InChI=1S/C15H27N5O.2ClH/c1-15(16)8-5-4-6-12(15)14(21)17-13-7-9-20(18-13)11-10-19(2)3;;/h7,9,12H,4-6,8,10-11,16H2,1-3H3,(H,17,18,21);2*1H. The fourth-order valence-corrected chi connectivity index (χ4v) is 2.86. The van der Waals surface area contributed by atoms with Crippen molar-refractivity contribution in [1.82, 2.24) is 14.7 Å². The summed E-state index contributed by atoms with van der Waals surface area (Å²) in [6.45, 7) is 3.70. The molecule has 1 fully saturated rings. The average molecular weight is 366 g/mol. The molecule has 8 heteroatoms. The number of amides is 1. The van der Waals surface area contributed by atoms with Gasteiger partial charge in [-0.3, -0.25) is 9.48 Å². The number of hydrogen-bond acceptors (Lipinski definition) is 4. The second kappa shape index (κ2) is 9.47. The van der Waals surface area contributed by atoms with Crippen molar-refractivity contribution in [2.24, 2.45) is 11.7 Å². The minimum Gasteiger partial charge on any atom is -0.325 e. The lowest BCUT2D eigenvalue weighted by Crippen LogP contribution is -2.51. The first kappa shape index (κ1) is 22.2. The maximum atomic E-state index is 12.4. The third-order valence-corrected chi connectivity index (χ3v) is 4.24. The van der Waals surface area contributed by atoms with Crippen molar-refractivity contribution in [2.75, 3.05) is 26.0 Å². The molecule has 134 valence electrons. The van der Waals surface area contributed by atoms with E-state index in [9.17, 15) is 4.79 Å². The van der Waals surface area contributed by atoms with Crippen molar-refractivity contribution < 1.29 is 4.79 Å². The number of nitrogens with two attached hydrogens (primary N) is 1. The van der Waals surface area contributed by atoms with Crippen LogP contribution in [0.25, 0.3) is 0 Å². The van der Waals surface area contributed by atoms with Crippen molar-refractivity contribution >= 4 is 36.5 Å². The molecule has 23 heavy (non-hydrogen) atoms. The van der Waals surface area contributed by atoms with Gasteiger partial charge in [0.25, 0.3) is 0 Å². The third kappa shape index (κ3) is 6.30. The summed E-state index contributed by atoms with van der Waals surface area (Å²) in [6, 6.07) is 1.84. The van der Waals surface area contributed by atoms with E-state index in [0.29, 0.717) is 5.82 Å². The molecule has 1 saturated carbocycles. The van der Waals surface area contributed by atoms with Crippen LogP contribution in [0.1, 0.15) is 32.6 Å². The predicted octanol–water partition coefficient (Wildman–Crippen LogP) is 2.13. The molecular formula is C15H29Cl2N5O. The van der Waals surface area contributed by atoms with E-state index in [0.717, 1.165) is 38.8 Å². The largest absolute Gasteiger partial charge is 0.325 e. The van der Waals surface area contributed by atoms with Crippen LogP contribution in [-0.2, 0) is 11.3 Å². The molecule has 0 bridgehead atoms. The zero-order chi connectivity index (χ0) is 15.5. The maximum absolute atomic E-state index is 12.4. The molecular weight excluding hydrogens is 337 g/mol. The first-order valence-corrected chi connectivity index (χ1v) is 7.66. The summed E-state index contributed by atoms with van der Waals surface area (Å²) in [4.78, 5) is 14.5. The van der Waals surface area contributed by atoms with Gasteiger partial charge in [-0.05, 0) is 33.9 Å². The van der Waals surface area contributed by atoms with Gasteiger partial charge in [-0.15, -0.1) is 24.8 Å². The van der Waals surface area contributed by atoms with Crippen LogP contribution in [0.15, 0.2) is 12.3 Å². The van der Waals surface area contributed by atoms with Gasteiger partial charge in [0.15, 0.2) is 5.82 Å². The number of likely N-dealkylation sites (N-methyl/N-ethyl adjacent to an activating group) is 1. The zero-order valence-electron chi connectivity index (χ0n) is 14.1. The van der Waals surface area contributed by atoms with Gasteiger partial charge < -0.3 is 16.0 Å². The van der Waals surface area contributed by atoms with E-state index < -0.39 is 5.54 Å². The summed E-state index contributed by atoms with van der Waals surface area (Å²) in [5.41, 5.74) is 5.86. The summed E-state index contributed by atoms with van der Waals surface area (Å²) < 4.78 is 1.85.